The lowest BCUT2D eigenvalue weighted by molar-refractivity contribution is 0.0959. The van der Waals surface area contributed by atoms with Gasteiger partial charge in [-0.25, -0.2) is 0 Å². The van der Waals surface area contributed by atoms with Crippen molar-refractivity contribution in [3.63, 3.8) is 0 Å². The Hall–Kier alpha value is -1.60. The van der Waals surface area contributed by atoms with Crippen LogP contribution < -0.4 is 0 Å². The van der Waals surface area contributed by atoms with Crippen LogP contribution in [0.15, 0.2) is 48.5 Å². The van der Waals surface area contributed by atoms with E-state index in [0.29, 0.717) is 5.02 Å². The number of hydrogen-bond donors (Lipinski definition) is 0. The second-order valence-corrected chi connectivity index (χ2v) is 5.10. The second kappa shape index (κ2) is 4.58. The van der Waals surface area contributed by atoms with Gasteiger partial charge in [0, 0.05) is 16.5 Å². The number of halogens is 1. The van der Waals surface area contributed by atoms with Gasteiger partial charge >= 0.3 is 0 Å². The van der Waals surface area contributed by atoms with Crippen LogP contribution in [0.25, 0.3) is 0 Å². The molecule has 1 atom stereocenters. The molecule has 0 bridgehead atoms. The first-order valence-electron chi connectivity index (χ1n) is 6.13. The maximum absolute atomic E-state index is 12.5. The summed E-state index contributed by atoms with van der Waals surface area (Å²) in [6.45, 7) is 0. The molecule has 18 heavy (non-hydrogen) atoms. The molecular formula is C16H13ClO. The molecule has 90 valence electrons. The van der Waals surface area contributed by atoms with Crippen molar-refractivity contribution in [1.82, 2.24) is 0 Å². The van der Waals surface area contributed by atoms with Crippen LogP contribution in [-0.4, -0.2) is 5.78 Å². The Labute approximate surface area is 111 Å². The van der Waals surface area contributed by atoms with E-state index in [1.165, 1.54) is 11.1 Å². The number of hydrogen-bond acceptors (Lipinski definition) is 1. The summed E-state index contributed by atoms with van der Waals surface area (Å²) in [6, 6.07) is 15.4. The third-order valence-electron chi connectivity index (χ3n) is 3.58. The van der Waals surface area contributed by atoms with E-state index in [0.717, 1.165) is 18.4 Å². The molecule has 3 rings (SSSR count). The number of Topliss-reactive ketones (excluding diaryl/α,β-unsaturated/α-hetero) is 1. The second-order valence-electron chi connectivity index (χ2n) is 4.66. The molecule has 0 fully saturated rings. The maximum atomic E-state index is 12.5. The van der Waals surface area contributed by atoms with Crippen molar-refractivity contribution in [2.75, 3.05) is 0 Å². The molecular weight excluding hydrogens is 244 g/mol. The molecule has 0 unspecified atom stereocenters. The monoisotopic (exact) mass is 256 g/mol. The van der Waals surface area contributed by atoms with E-state index in [4.69, 9.17) is 11.6 Å². The van der Waals surface area contributed by atoms with Crippen LogP contribution in [0.2, 0.25) is 5.02 Å². The fraction of sp³-hybridized carbons (Fsp3) is 0.188. The number of carbonyl (C=O) groups excluding carboxylic acids is 1. The first-order chi connectivity index (χ1) is 8.75. The molecule has 1 aliphatic rings. The van der Waals surface area contributed by atoms with Crippen LogP contribution in [0.3, 0.4) is 0 Å². The summed E-state index contributed by atoms with van der Waals surface area (Å²) in [7, 11) is 0. The average Bonchev–Trinajstić information content (AvgIpc) is 2.82. The highest BCUT2D eigenvalue weighted by Crippen LogP contribution is 2.35. The molecule has 0 heterocycles. The van der Waals surface area contributed by atoms with E-state index < -0.39 is 0 Å². The van der Waals surface area contributed by atoms with Crippen molar-refractivity contribution in [3.05, 3.63) is 70.2 Å². The summed E-state index contributed by atoms with van der Waals surface area (Å²) in [4.78, 5) is 12.5. The van der Waals surface area contributed by atoms with Gasteiger partial charge in [-0.3, -0.25) is 4.79 Å². The minimum absolute atomic E-state index is 0.0161. The summed E-state index contributed by atoms with van der Waals surface area (Å²) in [5.74, 6) is 0.221. The van der Waals surface area contributed by atoms with Crippen LogP contribution in [0.5, 0.6) is 0 Å². The van der Waals surface area contributed by atoms with Gasteiger partial charge in [0.15, 0.2) is 5.78 Å². The molecule has 0 saturated carbocycles. The van der Waals surface area contributed by atoms with Crippen LogP contribution in [-0.2, 0) is 6.42 Å². The molecule has 1 nitrogen and oxygen atoms in total. The van der Waals surface area contributed by atoms with E-state index in [1.54, 1.807) is 12.1 Å². The van der Waals surface area contributed by atoms with Crippen molar-refractivity contribution < 1.29 is 4.79 Å². The van der Waals surface area contributed by atoms with Crippen molar-refractivity contribution in [2.24, 2.45) is 0 Å². The van der Waals surface area contributed by atoms with E-state index >= 15 is 0 Å². The SMILES string of the molecule is O=C(c1ccc(Cl)cc1)[C@H]1CCc2ccccc21. The molecule has 0 aliphatic heterocycles. The summed E-state index contributed by atoms with van der Waals surface area (Å²) in [5.41, 5.74) is 3.25. The number of rotatable bonds is 2. The Morgan fingerprint density at radius 1 is 1.06 bits per heavy atom. The van der Waals surface area contributed by atoms with Crippen molar-refractivity contribution in [2.45, 2.75) is 18.8 Å². The highest BCUT2D eigenvalue weighted by molar-refractivity contribution is 6.30. The fourth-order valence-corrected chi connectivity index (χ4v) is 2.77. The predicted octanol–water partition coefficient (Wildman–Crippen LogP) is 4.25. The average molecular weight is 257 g/mol. The number of benzene rings is 2. The molecule has 0 aromatic heterocycles. The Morgan fingerprint density at radius 3 is 2.56 bits per heavy atom. The molecule has 0 saturated heterocycles. The van der Waals surface area contributed by atoms with E-state index in [9.17, 15) is 4.79 Å². The lowest BCUT2D eigenvalue weighted by atomic mass is 9.92. The smallest absolute Gasteiger partial charge is 0.170 e. The van der Waals surface area contributed by atoms with Gasteiger partial charge in [0.25, 0.3) is 0 Å². The standard InChI is InChI=1S/C16H13ClO/c17-13-8-5-12(6-9-13)16(18)15-10-7-11-3-1-2-4-14(11)15/h1-6,8-9,15H,7,10H2/t15-/m0/s1. The van der Waals surface area contributed by atoms with Crippen LogP contribution in [0.1, 0.15) is 33.8 Å². The molecule has 0 radical (unpaired) electrons. The normalized spacial score (nSPS) is 17.5. The molecule has 1 aliphatic carbocycles. The number of aryl methyl sites for hydroxylation is 1. The van der Waals surface area contributed by atoms with Gasteiger partial charge in [-0.2, -0.15) is 0 Å². The predicted molar refractivity (Wildman–Crippen MR) is 73.3 cm³/mol. The van der Waals surface area contributed by atoms with Crippen LogP contribution in [0, 0.1) is 0 Å². The third-order valence-corrected chi connectivity index (χ3v) is 3.83. The minimum atomic E-state index is 0.0161. The zero-order valence-electron chi connectivity index (χ0n) is 9.90. The largest absolute Gasteiger partial charge is 0.293 e. The topological polar surface area (TPSA) is 17.1 Å². The van der Waals surface area contributed by atoms with Gasteiger partial charge in [-0.05, 0) is 48.2 Å². The van der Waals surface area contributed by atoms with Gasteiger partial charge in [-0.15, -0.1) is 0 Å². The molecule has 0 amide bonds. The zero-order valence-corrected chi connectivity index (χ0v) is 10.7. The van der Waals surface area contributed by atoms with Gasteiger partial charge in [-0.1, -0.05) is 35.9 Å². The summed E-state index contributed by atoms with van der Waals surface area (Å²) in [6.07, 6.45) is 1.92. The van der Waals surface area contributed by atoms with Gasteiger partial charge in [0.2, 0.25) is 0 Å². The highest BCUT2D eigenvalue weighted by atomic mass is 35.5. The number of ketones is 1. The van der Waals surface area contributed by atoms with Gasteiger partial charge in [0.05, 0.1) is 0 Å². The van der Waals surface area contributed by atoms with Crippen molar-refractivity contribution in [1.29, 1.82) is 0 Å². The lowest BCUT2D eigenvalue weighted by Gasteiger charge is -2.10. The Balaban J connectivity index is 1.93. The Morgan fingerprint density at radius 2 is 1.78 bits per heavy atom. The van der Waals surface area contributed by atoms with E-state index in [2.05, 4.69) is 12.1 Å². The van der Waals surface area contributed by atoms with Crippen LogP contribution in [0.4, 0.5) is 0 Å². The summed E-state index contributed by atoms with van der Waals surface area (Å²) < 4.78 is 0. The molecule has 2 heteroatoms. The maximum Gasteiger partial charge on any atom is 0.170 e. The minimum Gasteiger partial charge on any atom is -0.293 e. The molecule has 2 aromatic rings. The third kappa shape index (κ3) is 1.95. The number of fused-ring (bicyclic) bond motifs is 1. The fourth-order valence-electron chi connectivity index (χ4n) is 2.64. The Bertz CT molecular complexity index is 586. The van der Waals surface area contributed by atoms with E-state index in [-0.39, 0.29) is 11.7 Å². The molecule has 2 aromatic carbocycles. The summed E-state index contributed by atoms with van der Waals surface area (Å²) >= 11 is 5.85. The van der Waals surface area contributed by atoms with Crippen molar-refractivity contribution >= 4 is 17.4 Å². The van der Waals surface area contributed by atoms with Crippen LogP contribution >= 0.6 is 11.6 Å². The molecule has 0 N–H and O–H groups in total. The Kier molecular flexibility index (Phi) is 2.92. The van der Waals surface area contributed by atoms with Gasteiger partial charge in [0.1, 0.15) is 0 Å². The first-order valence-corrected chi connectivity index (χ1v) is 6.51. The highest BCUT2D eigenvalue weighted by Gasteiger charge is 2.28. The lowest BCUT2D eigenvalue weighted by Crippen LogP contribution is -2.09. The first kappa shape index (κ1) is 11.5. The quantitative estimate of drug-likeness (QED) is 0.734. The number of carbonyl (C=O) groups is 1. The van der Waals surface area contributed by atoms with E-state index in [1.807, 2.05) is 24.3 Å². The molecule has 0 spiro atoms. The summed E-state index contributed by atoms with van der Waals surface area (Å²) in [5, 5.41) is 0.665. The van der Waals surface area contributed by atoms with Gasteiger partial charge < -0.3 is 0 Å². The zero-order chi connectivity index (χ0) is 12.5. The van der Waals surface area contributed by atoms with Crippen molar-refractivity contribution in [3.8, 4) is 0 Å².